The van der Waals surface area contributed by atoms with Crippen LogP contribution in [-0.4, -0.2) is 78.2 Å². The van der Waals surface area contributed by atoms with Crippen LogP contribution in [0.25, 0.3) is 11.1 Å². The maximum absolute atomic E-state index is 12.7. The van der Waals surface area contributed by atoms with Crippen LogP contribution in [0.1, 0.15) is 34.3 Å². The van der Waals surface area contributed by atoms with Gasteiger partial charge in [-0.3, -0.25) is 19.5 Å². The molecule has 1 saturated carbocycles. The minimum atomic E-state index is -0.349. The molecule has 1 aliphatic carbocycles. The van der Waals surface area contributed by atoms with E-state index in [9.17, 15) is 9.59 Å². The molecule has 202 valence electrons. The number of anilines is 1. The van der Waals surface area contributed by atoms with Gasteiger partial charge in [0, 0.05) is 62.6 Å². The number of nitrogens with zero attached hydrogens (tertiary/aromatic N) is 4. The lowest BCUT2D eigenvalue weighted by molar-refractivity contribution is 0.0746. The number of cyclic esters (lactones) is 1. The summed E-state index contributed by atoms with van der Waals surface area (Å²) in [5.41, 5.74) is 4.93. The fraction of sp³-hybridized carbons (Fsp3) is 0.387. The van der Waals surface area contributed by atoms with Crippen molar-refractivity contribution in [2.24, 2.45) is 0 Å². The van der Waals surface area contributed by atoms with Crippen molar-refractivity contribution >= 4 is 17.8 Å². The second-order valence-corrected chi connectivity index (χ2v) is 10.9. The molecule has 3 fully saturated rings. The van der Waals surface area contributed by atoms with Crippen molar-refractivity contribution in [2.45, 2.75) is 38.5 Å². The van der Waals surface area contributed by atoms with Gasteiger partial charge in [-0.1, -0.05) is 36.4 Å². The average Bonchev–Trinajstić information content (AvgIpc) is 3.70. The number of carbonyl (C=O) groups excluding carboxylic acids is 2. The standard InChI is InChI=1S/C31H35N5O3/c1-22-7-8-24(30(37)33-26-10-11-26)17-28(22)25-9-12-29(32-18-25)36-21-27(39-31(36)38)20-35-15-13-34(14-16-35)19-23-5-3-2-4-6-23/h2-9,12,17-18,26-27H,10-11,13-16,19-21H2,1H3,(H,33,37). The fourth-order valence-electron chi connectivity index (χ4n) is 5.34. The van der Waals surface area contributed by atoms with Crippen molar-refractivity contribution in [3.05, 3.63) is 83.6 Å². The Labute approximate surface area is 229 Å². The van der Waals surface area contributed by atoms with Crippen LogP contribution in [0.15, 0.2) is 66.9 Å². The molecule has 3 heterocycles. The first kappa shape index (κ1) is 25.5. The Morgan fingerprint density at radius 1 is 1.00 bits per heavy atom. The number of piperazine rings is 1. The summed E-state index contributed by atoms with van der Waals surface area (Å²) in [4.78, 5) is 36.3. The smallest absolute Gasteiger partial charge is 0.415 e. The van der Waals surface area contributed by atoms with Gasteiger partial charge >= 0.3 is 6.09 Å². The molecule has 1 unspecified atom stereocenters. The van der Waals surface area contributed by atoms with Crippen molar-refractivity contribution < 1.29 is 14.3 Å². The second-order valence-electron chi connectivity index (χ2n) is 10.9. The Kier molecular flexibility index (Phi) is 7.30. The highest BCUT2D eigenvalue weighted by atomic mass is 16.6. The molecular formula is C31H35N5O3. The predicted octanol–water partition coefficient (Wildman–Crippen LogP) is 4.09. The van der Waals surface area contributed by atoms with E-state index in [1.54, 1.807) is 11.1 Å². The SMILES string of the molecule is Cc1ccc(C(=O)NC2CC2)cc1-c1ccc(N2CC(CN3CCN(Cc4ccccc4)CC3)OC2=O)nc1. The summed E-state index contributed by atoms with van der Waals surface area (Å²) in [6.07, 6.45) is 3.36. The molecule has 3 aromatic rings. The molecule has 0 radical (unpaired) electrons. The van der Waals surface area contributed by atoms with E-state index in [4.69, 9.17) is 4.74 Å². The van der Waals surface area contributed by atoms with Gasteiger partial charge in [0.15, 0.2) is 0 Å². The summed E-state index contributed by atoms with van der Waals surface area (Å²) in [5.74, 6) is 0.547. The van der Waals surface area contributed by atoms with E-state index in [1.807, 2.05) is 37.3 Å². The first-order chi connectivity index (χ1) is 19.0. The van der Waals surface area contributed by atoms with Gasteiger partial charge in [0.25, 0.3) is 5.91 Å². The van der Waals surface area contributed by atoms with Gasteiger partial charge in [-0.2, -0.15) is 0 Å². The molecule has 6 rings (SSSR count). The van der Waals surface area contributed by atoms with Crippen LogP contribution in [0.5, 0.6) is 0 Å². The lowest BCUT2D eigenvalue weighted by Gasteiger charge is -2.35. The molecule has 0 bridgehead atoms. The summed E-state index contributed by atoms with van der Waals surface area (Å²) in [6.45, 7) is 8.15. The number of aryl methyl sites for hydroxylation is 1. The van der Waals surface area contributed by atoms with Crippen LogP contribution in [0.4, 0.5) is 10.6 Å². The molecule has 1 atom stereocenters. The normalized spacial score (nSPS) is 20.2. The predicted molar refractivity (Wildman–Crippen MR) is 151 cm³/mol. The minimum absolute atomic E-state index is 0.0354. The Morgan fingerprint density at radius 3 is 2.49 bits per heavy atom. The number of ether oxygens (including phenoxy) is 1. The number of hydrogen-bond donors (Lipinski definition) is 1. The third-order valence-corrected chi connectivity index (χ3v) is 7.80. The van der Waals surface area contributed by atoms with Crippen molar-refractivity contribution in [1.82, 2.24) is 20.1 Å². The van der Waals surface area contributed by atoms with E-state index in [0.717, 1.165) is 68.8 Å². The topological polar surface area (TPSA) is 78.0 Å². The van der Waals surface area contributed by atoms with E-state index in [0.29, 0.717) is 24.0 Å². The molecule has 2 saturated heterocycles. The van der Waals surface area contributed by atoms with Gasteiger partial charge < -0.3 is 10.1 Å². The van der Waals surface area contributed by atoms with Gasteiger partial charge in [-0.05, 0) is 60.7 Å². The number of hydrogen-bond acceptors (Lipinski definition) is 6. The summed E-state index contributed by atoms with van der Waals surface area (Å²) < 4.78 is 5.71. The second kappa shape index (κ2) is 11.2. The number of pyridine rings is 1. The average molecular weight is 526 g/mol. The monoisotopic (exact) mass is 525 g/mol. The molecule has 2 amide bonds. The summed E-state index contributed by atoms with van der Waals surface area (Å²) in [7, 11) is 0. The van der Waals surface area contributed by atoms with Crippen molar-refractivity contribution in [1.29, 1.82) is 0 Å². The van der Waals surface area contributed by atoms with E-state index >= 15 is 0 Å². The lowest BCUT2D eigenvalue weighted by atomic mass is 9.99. The molecule has 3 aliphatic rings. The molecule has 39 heavy (non-hydrogen) atoms. The molecule has 8 heteroatoms. The van der Waals surface area contributed by atoms with Crippen LogP contribution in [-0.2, 0) is 11.3 Å². The molecule has 1 N–H and O–H groups in total. The third-order valence-electron chi connectivity index (χ3n) is 7.80. The first-order valence-electron chi connectivity index (χ1n) is 13.9. The van der Waals surface area contributed by atoms with Gasteiger partial charge in [-0.25, -0.2) is 9.78 Å². The van der Waals surface area contributed by atoms with E-state index in [2.05, 4.69) is 50.4 Å². The molecular weight excluding hydrogens is 490 g/mol. The Bertz CT molecular complexity index is 1320. The van der Waals surface area contributed by atoms with Crippen molar-refractivity contribution in [3.63, 3.8) is 0 Å². The van der Waals surface area contributed by atoms with E-state index < -0.39 is 0 Å². The zero-order valence-electron chi connectivity index (χ0n) is 22.4. The molecule has 0 spiro atoms. The number of benzene rings is 2. The number of nitrogens with one attached hydrogen (secondary N) is 1. The highest BCUT2D eigenvalue weighted by Crippen LogP contribution is 2.28. The molecule has 8 nitrogen and oxygen atoms in total. The van der Waals surface area contributed by atoms with Crippen molar-refractivity contribution in [3.8, 4) is 11.1 Å². The maximum Gasteiger partial charge on any atom is 0.415 e. The van der Waals surface area contributed by atoms with Crippen LogP contribution in [0, 0.1) is 6.92 Å². The summed E-state index contributed by atoms with van der Waals surface area (Å²) in [6, 6.07) is 20.5. The first-order valence-corrected chi connectivity index (χ1v) is 13.9. The summed E-state index contributed by atoms with van der Waals surface area (Å²) in [5, 5.41) is 3.05. The fourth-order valence-corrected chi connectivity index (χ4v) is 5.34. The third kappa shape index (κ3) is 6.13. The van der Waals surface area contributed by atoms with E-state index in [-0.39, 0.29) is 18.1 Å². The van der Waals surface area contributed by atoms with Gasteiger partial charge in [0.05, 0.1) is 6.54 Å². The van der Waals surface area contributed by atoms with Gasteiger partial charge in [-0.15, -0.1) is 0 Å². The number of amides is 2. The Balaban J connectivity index is 1.04. The highest BCUT2D eigenvalue weighted by molar-refractivity contribution is 5.96. The van der Waals surface area contributed by atoms with Gasteiger partial charge in [0.1, 0.15) is 11.9 Å². The highest BCUT2D eigenvalue weighted by Gasteiger charge is 2.35. The van der Waals surface area contributed by atoms with Crippen LogP contribution < -0.4 is 10.2 Å². The summed E-state index contributed by atoms with van der Waals surface area (Å²) >= 11 is 0. The van der Waals surface area contributed by atoms with Crippen LogP contribution in [0.3, 0.4) is 0 Å². The molecule has 2 aliphatic heterocycles. The van der Waals surface area contributed by atoms with Crippen molar-refractivity contribution in [2.75, 3.05) is 44.2 Å². The molecule has 1 aromatic heterocycles. The maximum atomic E-state index is 12.7. The van der Waals surface area contributed by atoms with E-state index in [1.165, 1.54) is 5.56 Å². The Morgan fingerprint density at radius 2 is 1.77 bits per heavy atom. The number of aromatic nitrogens is 1. The lowest BCUT2D eigenvalue weighted by Crippen LogP contribution is -2.48. The zero-order chi connectivity index (χ0) is 26.8. The largest absolute Gasteiger partial charge is 0.443 e. The number of rotatable bonds is 8. The minimum Gasteiger partial charge on any atom is -0.443 e. The van der Waals surface area contributed by atoms with Crippen LogP contribution in [0.2, 0.25) is 0 Å². The van der Waals surface area contributed by atoms with Crippen LogP contribution >= 0.6 is 0 Å². The van der Waals surface area contributed by atoms with Gasteiger partial charge in [0.2, 0.25) is 0 Å². The number of carbonyl (C=O) groups is 2. The Hall–Kier alpha value is -3.75. The quantitative estimate of drug-likeness (QED) is 0.477. The zero-order valence-corrected chi connectivity index (χ0v) is 22.4. The molecule has 2 aromatic carbocycles.